The summed E-state index contributed by atoms with van der Waals surface area (Å²) in [7, 11) is 0.860. The van der Waals surface area contributed by atoms with E-state index < -0.39 is 10.8 Å². The molecular weight excluding hydrogens is 312 g/mol. The van der Waals surface area contributed by atoms with Gasteiger partial charge < -0.3 is 9.30 Å². The number of nitrogens with zero attached hydrogens (tertiary/aromatic N) is 4. The molecule has 0 saturated carbocycles. The maximum Gasteiger partial charge on any atom is 0.245 e. The number of hydrogen-bond acceptors (Lipinski definition) is 5. The van der Waals surface area contributed by atoms with Crippen molar-refractivity contribution in [3.05, 3.63) is 12.2 Å². The molecule has 0 aromatic carbocycles. The highest BCUT2D eigenvalue weighted by molar-refractivity contribution is 7.85. The van der Waals surface area contributed by atoms with E-state index in [1.807, 2.05) is 6.92 Å². The topological polar surface area (TPSA) is 69.9 Å². The summed E-state index contributed by atoms with van der Waals surface area (Å²) in [4.78, 5) is 13.0. The van der Waals surface area contributed by atoms with Gasteiger partial charge in [-0.3, -0.25) is 4.21 Å². The fourth-order valence-corrected chi connectivity index (χ4v) is 4.16. The minimum absolute atomic E-state index is 0.225. The highest BCUT2D eigenvalue weighted by atomic mass is 35.5. The van der Waals surface area contributed by atoms with E-state index in [4.69, 9.17) is 16.3 Å². The number of methoxy groups -OCH3 is 1. The molecule has 0 radical (unpaired) electrons. The summed E-state index contributed by atoms with van der Waals surface area (Å²) in [6, 6.07) is 0.225. The molecule has 1 aliphatic rings. The lowest BCUT2D eigenvalue weighted by Gasteiger charge is -2.25. The van der Waals surface area contributed by atoms with Crippen LogP contribution in [0.2, 0.25) is 0 Å². The first-order valence-corrected chi connectivity index (χ1v) is 8.80. The lowest BCUT2D eigenvalue weighted by atomic mass is 10.1. The van der Waals surface area contributed by atoms with Crippen LogP contribution < -0.4 is 4.74 Å². The van der Waals surface area contributed by atoms with Crippen molar-refractivity contribution >= 4 is 33.6 Å². The molecule has 21 heavy (non-hydrogen) atoms. The van der Waals surface area contributed by atoms with Crippen molar-refractivity contribution in [1.29, 1.82) is 0 Å². The summed E-state index contributed by atoms with van der Waals surface area (Å²) >= 11 is 6.29. The molecule has 1 atom stereocenters. The van der Waals surface area contributed by atoms with E-state index in [-0.39, 0.29) is 11.4 Å². The Labute approximate surface area is 130 Å². The molecule has 0 bridgehead atoms. The molecule has 1 unspecified atom stereocenters. The van der Waals surface area contributed by atoms with Gasteiger partial charge in [0.2, 0.25) is 5.88 Å². The normalized spacial score (nSPS) is 24.1. The highest BCUT2D eigenvalue weighted by Gasteiger charge is 2.27. The molecule has 3 heterocycles. The molecule has 3 rings (SSSR count). The summed E-state index contributed by atoms with van der Waals surface area (Å²) in [5.41, 5.74) is 1.37. The largest absolute Gasteiger partial charge is 0.479 e. The van der Waals surface area contributed by atoms with Crippen LogP contribution in [-0.2, 0) is 10.8 Å². The van der Waals surface area contributed by atoms with Crippen LogP contribution in [-0.4, -0.2) is 42.3 Å². The highest BCUT2D eigenvalue weighted by Crippen LogP contribution is 2.33. The van der Waals surface area contributed by atoms with Gasteiger partial charge in [-0.05, 0) is 19.8 Å². The third-order valence-electron chi connectivity index (χ3n) is 3.74. The SMILES string of the molecule is COc1ncnc2c1nc(C(C)Cl)n2C1CCS(=O)CC1. The number of rotatable bonds is 3. The Morgan fingerprint density at radius 3 is 2.76 bits per heavy atom. The molecule has 0 amide bonds. The van der Waals surface area contributed by atoms with Gasteiger partial charge in [0, 0.05) is 28.3 Å². The number of alkyl halides is 1. The minimum Gasteiger partial charge on any atom is -0.479 e. The molecule has 2 aromatic rings. The summed E-state index contributed by atoms with van der Waals surface area (Å²) in [6.45, 7) is 1.89. The molecule has 8 heteroatoms. The van der Waals surface area contributed by atoms with E-state index in [1.54, 1.807) is 7.11 Å². The summed E-state index contributed by atoms with van der Waals surface area (Å²) < 4.78 is 18.9. The standard InChI is InChI=1S/C13H17ClN4O2S/c1-8(14)11-17-10-12(15-7-16-13(10)20-2)18(11)9-3-5-21(19)6-4-9/h7-9H,3-6H2,1-2H3. The van der Waals surface area contributed by atoms with Gasteiger partial charge in [-0.25, -0.2) is 9.97 Å². The zero-order chi connectivity index (χ0) is 15.0. The maximum absolute atomic E-state index is 11.6. The molecule has 0 N–H and O–H groups in total. The van der Waals surface area contributed by atoms with E-state index in [0.717, 1.165) is 24.3 Å². The number of imidazole rings is 1. The van der Waals surface area contributed by atoms with Crippen molar-refractivity contribution in [3.63, 3.8) is 0 Å². The second kappa shape index (κ2) is 5.88. The van der Waals surface area contributed by atoms with Gasteiger partial charge in [0.25, 0.3) is 0 Å². The van der Waals surface area contributed by atoms with Gasteiger partial charge >= 0.3 is 0 Å². The van der Waals surface area contributed by atoms with Crippen LogP contribution in [0.4, 0.5) is 0 Å². The van der Waals surface area contributed by atoms with Gasteiger partial charge in [0.1, 0.15) is 12.2 Å². The predicted octanol–water partition coefficient (Wildman–Crippen LogP) is 2.22. The van der Waals surface area contributed by atoms with Crippen LogP contribution in [0.15, 0.2) is 6.33 Å². The smallest absolute Gasteiger partial charge is 0.245 e. The first-order valence-electron chi connectivity index (χ1n) is 6.87. The molecule has 0 aliphatic carbocycles. The molecule has 6 nitrogen and oxygen atoms in total. The van der Waals surface area contributed by atoms with E-state index in [2.05, 4.69) is 19.5 Å². The van der Waals surface area contributed by atoms with Crippen molar-refractivity contribution in [1.82, 2.24) is 19.5 Å². The summed E-state index contributed by atoms with van der Waals surface area (Å²) in [6.07, 6.45) is 3.17. The molecular formula is C13H17ClN4O2S. The van der Waals surface area contributed by atoms with Crippen molar-refractivity contribution in [2.75, 3.05) is 18.6 Å². The Kier molecular flexibility index (Phi) is 4.12. The zero-order valence-corrected chi connectivity index (χ0v) is 13.5. The van der Waals surface area contributed by atoms with Crippen molar-refractivity contribution in [2.45, 2.75) is 31.2 Å². The van der Waals surface area contributed by atoms with Gasteiger partial charge in [0.05, 0.1) is 12.5 Å². The Morgan fingerprint density at radius 1 is 1.43 bits per heavy atom. The van der Waals surface area contributed by atoms with E-state index in [1.165, 1.54) is 6.33 Å². The predicted molar refractivity (Wildman–Crippen MR) is 82.3 cm³/mol. The summed E-state index contributed by atoms with van der Waals surface area (Å²) in [5, 5.41) is -0.240. The van der Waals surface area contributed by atoms with Crippen LogP contribution in [0.3, 0.4) is 0 Å². The minimum atomic E-state index is -0.704. The first-order chi connectivity index (χ1) is 10.1. The molecule has 1 saturated heterocycles. The lowest BCUT2D eigenvalue weighted by molar-refractivity contribution is 0.401. The lowest BCUT2D eigenvalue weighted by Crippen LogP contribution is -2.23. The number of hydrogen-bond donors (Lipinski definition) is 0. The van der Waals surface area contributed by atoms with Crippen LogP contribution in [0.25, 0.3) is 11.2 Å². The molecule has 114 valence electrons. The van der Waals surface area contributed by atoms with Crippen LogP contribution >= 0.6 is 11.6 Å². The van der Waals surface area contributed by atoms with Crippen molar-refractivity contribution < 1.29 is 8.95 Å². The first kappa shape index (κ1) is 14.7. The third-order valence-corrected chi connectivity index (χ3v) is 5.32. The van der Waals surface area contributed by atoms with E-state index >= 15 is 0 Å². The Hall–Kier alpha value is -1.21. The zero-order valence-electron chi connectivity index (χ0n) is 12.0. The number of halogens is 1. The second-order valence-corrected chi connectivity index (χ2v) is 7.44. The fourth-order valence-electron chi connectivity index (χ4n) is 2.73. The number of fused-ring (bicyclic) bond motifs is 1. The van der Waals surface area contributed by atoms with E-state index in [9.17, 15) is 4.21 Å². The second-order valence-electron chi connectivity index (χ2n) is 5.09. The Morgan fingerprint density at radius 2 is 2.14 bits per heavy atom. The molecule has 1 fully saturated rings. The van der Waals surface area contributed by atoms with Gasteiger partial charge in [-0.15, -0.1) is 11.6 Å². The van der Waals surface area contributed by atoms with Crippen molar-refractivity contribution in [2.24, 2.45) is 0 Å². The van der Waals surface area contributed by atoms with E-state index in [0.29, 0.717) is 22.9 Å². The summed E-state index contributed by atoms with van der Waals surface area (Å²) in [5.74, 6) is 2.64. The maximum atomic E-state index is 11.6. The van der Waals surface area contributed by atoms with Crippen LogP contribution in [0, 0.1) is 0 Å². The number of ether oxygens (including phenoxy) is 1. The fraction of sp³-hybridized carbons (Fsp3) is 0.615. The van der Waals surface area contributed by atoms with Crippen LogP contribution in [0.5, 0.6) is 5.88 Å². The van der Waals surface area contributed by atoms with Crippen molar-refractivity contribution in [3.8, 4) is 5.88 Å². The van der Waals surface area contributed by atoms with Crippen LogP contribution in [0.1, 0.15) is 37.0 Å². The molecule has 0 spiro atoms. The molecule has 1 aliphatic heterocycles. The average Bonchev–Trinajstić information content (AvgIpc) is 2.87. The Bertz CT molecular complexity index is 678. The quantitative estimate of drug-likeness (QED) is 0.808. The van der Waals surface area contributed by atoms with Gasteiger partial charge in [-0.1, -0.05) is 0 Å². The number of aromatic nitrogens is 4. The molecule has 2 aromatic heterocycles. The average molecular weight is 329 g/mol. The Balaban J connectivity index is 2.14. The third kappa shape index (κ3) is 2.64. The monoisotopic (exact) mass is 328 g/mol. The van der Waals surface area contributed by atoms with Gasteiger partial charge in [-0.2, -0.15) is 4.98 Å². The van der Waals surface area contributed by atoms with Gasteiger partial charge in [0.15, 0.2) is 11.2 Å².